The van der Waals surface area contributed by atoms with E-state index in [1.54, 1.807) is 18.5 Å². The normalized spacial score (nSPS) is 20.1. The van der Waals surface area contributed by atoms with E-state index in [0.29, 0.717) is 28.1 Å². The van der Waals surface area contributed by atoms with Crippen molar-refractivity contribution in [1.29, 1.82) is 0 Å². The molecule has 2 aromatic carbocycles. The van der Waals surface area contributed by atoms with Crippen LogP contribution in [-0.2, 0) is 0 Å². The number of piperazine rings is 1. The largest absolute Gasteiger partial charge is 0.395 e. The number of aliphatic hydroxyl groups excluding tert-OH is 1. The molecule has 36 heavy (non-hydrogen) atoms. The summed E-state index contributed by atoms with van der Waals surface area (Å²) in [5, 5.41) is 14.0. The maximum atomic E-state index is 13.6. The first kappa shape index (κ1) is 23.2. The molecule has 1 aliphatic carbocycles. The van der Waals surface area contributed by atoms with E-state index < -0.39 is 0 Å². The molecule has 2 fully saturated rings. The van der Waals surface area contributed by atoms with Crippen LogP contribution < -0.4 is 10.2 Å². The Kier molecular flexibility index (Phi) is 6.25. The molecule has 4 aromatic rings. The molecule has 0 spiro atoms. The summed E-state index contributed by atoms with van der Waals surface area (Å²) in [4.78, 5) is 16.9. The number of halogens is 2. The lowest BCUT2D eigenvalue weighted by Crippen LogP contribution is -2.47. The van der Waals surface area contributed by atoms with Crippen LogP contribution in [0.1, 0.15) is 17.9 Å². The van der Waals surface area contributed by atoms with Gasteiger partial charge in [0.15, 0.2) is 0 Å². The van der Waals surface area contributed by atoms with Crippen LogP contribution >= 0.6 is 11.6 Å². The third-order valence-electron chi connectivity index (χ3n) is 7.20. The molecule has 0 bridgehead atoms. The van der Waals surface area contributed by atoms with Crippen LogP contribution in [0.15, 0.2) is 54.9 Å². The van der Waals surface area contributed by atoms with Gasteiger partial charge in [0, 0.05) is 73.0 Å². The van der Waals surface area contributed by atoms with Gasteiger partial charge in [-0.05, 0) is 42.3 Å². The number of nitrogens with one attached hydrogen (secondary N) is 2. The van der Waals surface area contributed by atoms with Crippen molar-refractivity contribution in [3.8, 4) is 11.3 Å². The minimum atomic E-state index is -0.292. The van der Waals surface area contributed by atoms with Crippen molar-refractivity contribution in [3.63, 3.8) is 0 Å². The van der Waals surface area contributed by atoms with Crippen LogP contribution in [0.2, 0.25) is 5.02 Å². The molecule has 0 amide bonds. The number of β-amino-alcohol motifs (C(OH)–C–C–N with tert-alkyl or cyclic N) is 1. The Labute approximate surface area is 213 Å². The van der Waals surface area contributed by atoms with Gasteiger partial charge in [-0.25, -0.2) is 14.4 Å². The van der Waals surface area contributed by atoms with Crippen molar-refractivity contribution in [2.45, 2.75) is 18.4 Å². The van der Waals surface area contributed by atoms with Gasteiger partial charge in [-0.3, -0.25) is 4.90 Å². The molecule has 186 valence electrons. The van der Waals surface area contributed by atoms with Gasteiger partial charge in [0.25, 0.3) is 0 Å². The minimum absolute atomic E-state index is 0.214. The van der Waals surface area contributed by atoms with Crippen LogP contribution in [0.3, 0.4) is 0 Å². The third-order valence-corrected chi connectivity index (χ3v) is 7.48. The van der Waals surface area contributed by atoms with E-state index in [1.807, 2.05) is 0 Å². The van der Waals surface area contributed by atoms with Gasteiger partial charge in [-0.15, -0.1) is 0 Å². The molecule has 2 aliphatic rings. The number of aliphatic hydroxyl groups is 1. The van der Waals surface area contributed by atoms with Gasteiger partial charge in [0.05, 0.1) is 23.5 Å². The minimum Gasteiger partial charge on any atom is -0.395 e. The summed E-state index contributed by atoms with van der Waals surface area (Å²) >= 11 is 6.45. The van der Waals surface area contributed by atoms with Crippen molar-refractivity contribution >= 4 is 34.1 Å². The second-order valence-corrected chi connectivity index (χ2v) is 9.93. The highest BCUT2D eigenvalue weighted by molar-refractivity contribution is 6.33. The van der Waals surface area contributed by atoms with Gasteiger partial charge in [0.1, 0.15) is 5.82 Å². The highest BCUT2D eigenvalue weighted by Gasteiger charge is 2.39. The molecule has 6 rings (SSSR count). The Morgan fingerprint density at radius 3 is 2.83 bits per heavy atom. The first-order valence-electron chi connectivity index (χ1n) is 12.3. The number of H-pyrrole nitrogens is 1. The van der Waals surface area contributed by atoms with Crippen molar-refractivity contribution in [1.82, 2.24) is 19.9 Å². The third kappa shape index (κ3) is 4.64. The molecular formula is C27H28ClFN6O. The summed E-state index contributed by atoms with van der Waals surface area (Å²) < 4.78 is 13.6. The predicted octanol–water partition coefficient (Wildman–Crippen LogP) is 4.50. The number of anilines is 2. The molecule has 0 radical (unpaired) electrons. The highest BCUT2D eigenvalue weighted by Crippen LogP contribution is 2.44. The lowest BCUT2D eigenvalue weighted by molar-refractivity contribution is 0.189. The summed E-state index contributed by atoms with van der Waals surface area (Å²) in [6.45, 7) is 4.85. The SMILES string of the molecule is OCCN1CCN(c2cccc(C3CC3Nc3ncc(Cl)c(-c4c[nH]c5cc(F)ccc45)n3)c2)CC1. The number of rotatable bonds is 7. The van der Waals surface area contributed by atoms with Gasteiger partial charge in [0.2, 0.25) is 5.95 Å². The maximum Gasteiger partial charge on any atom is 0.223 e. The average Bonchev–Trinajstić information content (AvgIpc) is 3.54. The number of benzene rings is 2. The Balaban J connectivity index is 1.15. The fourth-order valence-corrected chi connectivity index (χ4v) is 5.32. The van der Waals surface area contributed by atoms with Crippen LogP contribution in [0.25, 0.3) is 22.2 Å². The fourth-order valence-electron chi connectivity index (χ4n) is 5.13. The number of nitrogens with zero attached hydrogens (tertiary/aromatic N) is 4. The second-order valence-electron chi connectivity index (χ2n) is 9.52. The van der Waals surface area contributed by atoms with E-state index >= 15 is 0 Å². The summed E-state index contributed by atoms with van der Waals surface area (Å²) in [6, 6.07) is 13.7. The van der Waals surface area contributed by atoms with E-state index in [2.05, 4.69) is 49.4 Å². The summed E-state index contributed by atoms with van der Waals surface area (Å²) in [6.07, 6.45) is 4.43. The number of aromatic amines is 1. The summed E-state index contributed by atoms with van der Waals surface area (Å²) in [5.74, 6) is 0.647. The molecule has 1 saturated carbocycles. The first-order chi connectivity index (χ1) is 17.6. The second kappa shape index (κ2) is 9.69. The Morgan fingerprint density at radius 1 is 1.14 bits per heavy atom. The van der Waals surface area contributed by atoms with Crippen molar-refractivity contribution in [2.75, 3.05) is 49.5 Å². The number of aromatic nitrogens is 3. The smallest absolute Gasteiger partial charge is 0.223 e. The van der Waals surface area contributed by atoms with E-state index in [0.717, 1.165) is 50.1 Å². The number of hydrogen-bond acceptors (Lipinski definition) is 6. The standard InChI is InChI=1S/C27H28ClFN6O/c28-23-16-31-27(33-26(23)22-15-30-24-13-18(29)4-5-20(22)24)32-25-14-21(25)17-2-1-3-19(12-17)35-8-6-34(7-9-35)10-11-36/h1-5,12-13,15-16,21,25,30,36H,6-11,14H2,(H,31,32,33). The van der Waals surface area contributed by atoms with Crippen molar-refractivity contribution in [3.05, 3.63) is 71.3 Å². The van der Waals surface area contributed by atoms with Gasteiger partial charge < -0.3 is 20.3 Å². The number of hydrogen-bond donors (Lipinski definition) is 3. The molecule has 2 unspecified atom stereocenters. The topological polar surface area (TPSA) is 80.3 Å². The molecule has 3 heterocycles. The van der Waals surface area contributed by atoms with E-state index in [1.165, 1.54) is 23.4 Å². The zero-order chi connectivity index (χ0) is 24.6. The van der Waals surface area contributed by atoms with Gasteiger partial charge in [-0.1, -0.05) is 23.7 Å². The fraction of sp³-hybridized carbons (Fsp3) is 0.333. The molecule has 3 N–H and O–H groups in total. The Bertz CT molecular complexity index is 1390. The highest BCUT2D eigenvalue weighted by atomic mass is 35.5. The van der Waals surface area contributed by atoms with E-state index in [-0.39, 0.29) is 18.5 Å². The van der Waals surface area contributed by atoms with Crippen LogP contribution in [0.4, 0.5) is 16.0 Å². The predicted molar refractivity (Wildman–Crippen MR) is 141 cm³/mol. The average molecular weight is 507 g/mol. The molecule has 1 saturated heterocycles. The summed E-state index contributed by atoms with van der Waals surface area (Å²) in [5.41, 5.74) is 4.70. The van der Waals surface area contributed by atoms with Crippen LogP contribution in [0.5, 0.6) is 0 Å². The number of fused-ring (bicyclic) bond motifs is 1. The zero-order valence-corrected chi connectivity index (χ0v) is 20.5. The molecule has 7 nitrogen and oxygen atoms in total. The van der Waals surface area contributed by atoms with Crippen LogP contribution in [0, 0.1) is 5.82 Å². The summed E-state index contributed by atoms with van der Waals surface area (Å²) in [7, 11) is 0. The molecular weight excluding hydrogens is 479 g/mol. The Hall–Kier alpha value is -3.20. The molecule has 2 atom stereocenters. The van der Waals surface area contributed by atoms with Crippen molar-refractivity contribution in [2.24, 2.45) is 0 Å². The lowest BCUT2D eigenvalue weighted by Gasteiger charge is -2.36. The van der Waals surface area contributed by atoms with Crippen LogP contribution in [-0.4, -0.2) is 70.3 Å². The van der Waals surface area contributed by atoms with E-state index in [9.17, 15) is 9.50 Å². The van der Waals surface area contributed by atoms with Gasteiger partial charge in [-0.2, -0.15) is 0 Å². The molecule has 2 aromatic heterocycles. The zero-order valence-electron chi connectivity index (χ0n) is 19.8. The van der Waals surface area contributed by atoms with E-state index in [4.69, 9.17) is 16.6 Å². The Morgan fingerprint density at radius 2 is 2.00 bits per heavy atom. The molecule has 9 heteroatoms. The quantitative estimate of drug-likeness (QED) is 0.342. The first-order valence-corrected chi connectivity index (χ1v) is 12.7. The lowest BCUT2D eigenvalue weighted by atomic mass is 10.1. The van der Waals surface area contributed by atoms with Gasteiger partial charge >= 0.3 is 0 Å². The molecule has 1 aliphatic heterocycles. The maximum absolute atomic E-state index is 13.6. The monoisotopic (exact) mass is 506 g/mol. The van der Waals surface area contributed by atoms with Crippen molar-refractivity contribution < 1.29 is 9.50 Å².